The quantitative estimate of drug-likeness (QED) is 0.549. The highest BCUT2D eigenvalue weighted by Gasteiger charge is 2.14. The number of aromatic nitrogens is 2. The summed E-state index contributed by atoms with van der Waals surface area (Å²) < 4.78 is 23.6. The Bertz CT molecular complexity index is 1270. The van der Waals surface area contributed by atoms with Crippen molar-refractivity contribution in [1.29, 1.82) is 0 Å². The van der Waals surface area contributed by atoms with Crippen molar-refractivity contribution in [2.24, 2.45) is 5.14 Å². The Morgan fingerprint density at radius 3 is 2.36 bits per heavy atom. The first-order valence-corrected chi connectivity index (χ1v) is 10.2. The number of primary sulfonamides is 1. The zero-order valence-electron chi connectivity index (χ0n) is 15.1. The predicted molar refractivity (Wildman–Crippen MR) is 111 cm³/mol. The van der Waals surface area contributed by atoms with E-state index in [1.165, 1.54) is 6.07 Å². The minimum atomic E-state index is -3.81. The molecule has 0 unspecified atom stereocenters. The standard InChI is InChI=1S/C21H18N4O2S/c1-14-11-12-16(13-19(14)28(22,26)27)23-21-24-18-10-6-5-9-17(18)20(25-21)15-7-3-2-4-8-15/h2-13H,1H3,(H2,22,26,27)(H,23,24,25). The van der Waals surface area contributed by atoms with Gasteiger partial charge in [-0.05, 0) is 30.7 Å². The van der Waals surface area contributed by atoms with Gasteiger partial charge in [0.15, 0.2) is 0 Å². The number of anilines is 2. The molecule has 0 saturated heterocycles. The maximum atomic E-state index is 11.8. The molecule has 1 aromatic heterocycles. The first-order valence-electron chi connectivity index (χ1n) is 8.64. The molecule has 0 aliphatic carbocycles. The van der Waals surface area contributed by atoms with Crippen molar-refractivity contribution >= 4 is 32.6 Å². The van der Waals surface area contributed by atoms with Gasteiger partial charge in [-0.1, -0.05) is 54.6 Å². The van der Waals surface area contributed by atoms with Crippen LogP contribution >= 0.6 is 0 Å². The second kappa shape index (κ2) is 7.03. The van der Waals surface area contributed by atoms with Gasteiger partial charge in [0, 0.05) is 16.6 Å². The van der Waals surface area contributed by atoms with E-state index in [0.29, 0.717) is 17.2 Å². The number of aryl methyl sites for hydroxylation is 1. The van der Waals surface area contributed by atoms with E-state index in [-0.39, 0.29) is 4.90 Å². The number of para-hydroxylation sites is 1. The number of nitrogens with two attached hydrogens (primary N) is 1. The van der Waals surface area contributed by atoms with Gasteiger partial charge in [-0.15, -0.1) is 0 Å². The van der Waals surface area contributed by atoms with E-state index in [1.807, 2.05) is 54.6 Å². The van der Waals surface area contributed by atoms with Gasteiger partial charge in [0.2, 0.25) is 16.0 Å². The summed E-state index contributed by atoms with van der Waals surface area (Å²) in [7, 11) is -3.81. The highest BCUT2D eigenvalue weighted by Crippen LogP contribution is 2.28. The molecule has 0 spiro atoms. The van der Waals surface area contributed by atoms with Gasteiger partial charge in [-0.2, -0.15) is 0 Å². The average Bonchev–Trinajstić information content (AvgIpc) is 2.69. The van der Waals surface area contributed by atoms with E-state index in [0.717, 1.165) is 22.2 Å². The second-order valence-electron chi connectivity index (χ2n) is 6.43. The molecule has 0 saturated carbocycles. The van der Waals surface area contributed by atoms with Crippen LogP contribution in [0, 0.1) is 6.92 Å². The molecule has 0 amide bonds. The van der Waals surface area contributed by atoms with Crippen molar-refractivity contribution in [2.75, 3.05) is 5.32 Å². The minimum Gasteiger partial charge on any atom is -0.324 e. The van der Waals surface area contributed by atoms with Crippen molar-refractivity contribution < 1.29 is 8.42 Å². The monoisotopic (exact) mass is 390 g/mol. The normalized spacial score (nSPS) is 11.5. The van der Waals surface area contributed by atoms with E-state index in [4.69, 9.17) is 5.14 Å². The minimum absolute atomic E-state index is 0.0709. The molecule has 1 heterocycles. The van der Waals surface area contributed by atoms with E-state index < -0.39 is 10.0 Å². The summed E-state index contributed by atoms with van der Waals surface area (Å²) >= 11 is 0. The van der Waals surface area contributed by atoms with Gasteiger partial charge in [-0.3, -0.25) is 0 Å². The average molecular weight is 390 g/mol. The molecular formula is C21H18N4O2S. The Morgan fingerprint density at radius 2 is 1.61 bits per heavy atom. The molecule has 0 radical (unpaired) electrons. The largest absolute Gasteiger partial charge is 0.324 e. The lowest BCUT2D eigenvalue weighted by molar-refractivity contribution is 0.597. The van der Waals surface area contributed by atoms with Crippen LogP contribution in [0.25, 0.3) is 22.2 Å². The van der Waals surface area contributed by atoms with Gasteiger partial charge < -0.3 is 5.32 Å². The lowest BCUT2D eigenvalue weighted by Gasteiger charge is -2.12. The summed E-state index contributed by atoms with van der Waals surface area (Å²) in [5, 5.41) is 9.35. The van der Waals surface area contributed by atoms with Crippen LogP contribution in [-0.2, 0) is 10.0 Å². The van der Waals surface area contributed by atoms with Crippen LogP contribution in [0.1, 0.15) is 5.56 Å². The van der Waals surface area contributed by atoms with Crippen LogP contribution in [0.4, 0.5) is 11.6 Å². The molecule has 4 rings (SSSR count). The zero-order valence-corrected chi connectivity index (χ0v) is 15.9. The van der Waals surface area contributed by atoms with Crippen molar-refractivity contribution in [1.82, 2.24) is 9.97 Å². The number of benzene rings is 3. The summed E-state index contributed by atoms with van der Waals surface area (Å²) in [5.41, 5.74) is 3.68. The molecule has 0 aliphatic heterocycles. The Balaban J connectivity index is 1.83. The second-order valence-corrected chi connectivity index (χ2v) is 7.96. The summed E-state index contributed by atoms with van der Waals surface area (Å²) in [6, 6.07) is 22.6. The highest BCUT2D eigenvalue weighted by molar-refractivity contribution is 7.89. The van der Waals surface area contributed by atoms with Crippen LogP contribution in [0.15, 0.2) is 77.7 Å². The number of hydrogen-bond acceptors (Lipinski definition) is 5. The molecule has 7 heteroatoms. The van der Waals surface area contributed by atoms with Crippen LogP contribution < -0.4 is 10.5 Å². The predicted octanol–water partition coefficient (Wildman–Crippen LogP) is 4.00. The number of nitrogens with one attached hydrogen (secondary N) is 1. The molecule has 6 nitrogen and oxygen atoms in total. The lowest BCUT2D eigenvalue weighted by atomic mass is 10.1. The third-order valence-electron chi connectivity index (χ3n) is 4.40. The van der Waals surface area contributed by atoms with Crippen LogP contribution in [0.3, 0.4) is 0 Å². The summed E-state index contributed by atoms with van der Waals surface area (Å²) in [6.07, 6.45) is 0. The molecule has 0 atom stereocenters. The number of rotatable bonds is 4. The van der Waals surface area contributed by atoms with Crippen molar-refractivity contribution in [3.63, 3.8) is 0 Å². The maximum Gasteiger partial charge on any atom is 0.238 e. The molecule has 3 N–H and O–H groups in total. The Labute approximate surface area is 163 Å². The summed E-state index contributed by atoms with van der Waals surface area (Å²) in [5.74, 6) is 0.377. The van der Waals surface area contributed by atoms with E-state index in [9.17, 15) is 8.42 Å². The molecule has 28 heavy (non-hydrogen) atoms. The van der Waals surface area contributed by atoms with Gasteiger partial charge in [0.1, 0.15) is 0 Å². The van der Waals surface area contributed by atoms with Crippen LogP contribution in [0.2, 0.25) is 0 Å². The van der Waals surface area contributed by atoms with Crippen molar-refractivity contribution in [3.8, 4) is 11.3 Å². The Morgan fingerprint density at radius 1 is 0.893 bits per heavy atom. The summed E-state index contributed by atoms with van der Waals surface area (Å²) in [6.45, 7) is 1.70. The van der Waals surface area contributed by atoms with E-state index in [2.05, 4.69) is 15.3 Å². The molecule has 3 aromatic carbocycles. The fourth-order valence-electron chi connectivity index (χ4n) is 3.06. The molecule has 0 aliphatic rings. The molecular weight excluding hydrogens is 372 g/mol. The third-order valence-corrected chi connectivity index (χ3v) is 5.45. The van der Waals surface area contributed by atoms with Gasteiger partial charge in [-0.25, -0.2) is 23.5 Å². The SMILES string of the molecule is Cc1ccc(Nc2nc(-c3ccccc3)c3ccccc3n2)cc1S(N)(=O)=O. The van der Waals surface area contributed by atoms with Gasteiger partial charge in [0.25, 0.3) is 0 Å². The zero-order chi connectivity index (χ0) is 19.7. The fraction of sp³-hybridized carbons (Fsp3) is 0.0476. The number of fused-ring (bicyclic) bond motifs is 1. The number of sulfonamides is 1. The maximum absolute atomic E-state index is 11.8. The summed E-state index contributed by atoms with van der Waals surface area (Å²) in [4.78, 5) is 9.32. The number of hydrogen-bond donors (Lipinski definition) is 2. The Kier molecular flexibility index (Phi) is 4.54. The first-order chi connectivity index (χ1) is 13.4. The van der Waals surface area contributed by atoms with Gasteiger partial charge >= 0.3 is 0 Å². The van der Waals surface area contributed by atoms with E-state index in [1.54, 1.807) is 19.1 Å². The van der Waals surface area contributed by atoms with Crippen molar-refractivity contribution in [2.45, 2.75) is 11.8 Å². The lowest BCUT2D eigenvalue weighted by Crippen LogP contribution is -2.14. The highest BCUT2D eigenvalue weighted by atomic mass is 32.2. The molecule has 0 fully saturated rings. The third kappa shape index (κ3) is 3.58. The van der Waals surface area contributed by atoms with Crippen LogP contribution in [-0.4, -0.2) is 18.4 Å². The first kappa shape index (κ1) is 18.1. The van der Waals surface area contributed by atoms with Crippen LogP contribution in [0.5, 0.6) is 0 Å². The van der Waals surface area contributed by atoms with Crippen molar-refractivity contribution in [3.05, 3.63) is 78.4 Å². The molecule has 0 bridgehead atoms. The Hall–Kier alpha value is -3.29. The topological polar surface area (TPSA) is 98.0 Å². The molecule has 4 aromatic rings. The fourth-order valence-corrected chi connectivity index (χ4v) is 3.87. The number of nitrogens with zero attached hydrogens (tertiary/aromatic N) is 2. The van der Waals surface area contributed by atoms with Gasteiger partial charge in [0.05, 0.1) is 16.1 Å². The van der Waals surface area contributed by atoms with E-state index >= 15 is 0 Å². The molecule has 140 valence electrons. The smallest absolute Gasteiger partial charge is 0.238 e.